The van der Waals surface area contributed by atoms with E-state index in [1.54, 1.807) is 0 Å². The number of carbonyl (C=O) groups excluding carboxylic acids is 2. The fourth-order valence-electron chi connectivity index (χ4n) is 4.15. The van der Waals surface area contributed by atoms with Gasteiger partial charge in [-0.05, 0) is 51.0 Å². The lowest BCUT2D eigenvalue weighted by atomic mass is 9.73. The van der Waals surface area contributed by atoms with Crippen molar-refractivity contribution >= 4 is 17.5 Å². The van der Waals surface area contributed by atoms with Gasteiger partial charge in [0.2, 0.25) is 11.8 Å². The third kappa shape index (κ3) is 1.46. The molecule has 4 heteroatoms. The fourth-order valence-corrected chi connectivity index (χ4v) is 4.15. The minimum atomic E-state index is -0.666. The minimum Gasteiger partial charge on any atom is -0.359 e. The first-order valence-corrected chi connectivity index (χ1v) is 7.62. The summed E-state index contributed by atoms with van der Waals surface area (Å²) in [4.78, 5) is 27.2. The summed E-state index contributed by atoms with van der Waals surface area (Å²) < 4.78 is 6.00. The standard InChI is InChI=1S/C18H19NO3/c1-10-5-6-12(9-11(10)2)19-15(20)13-14(16(19)21)18(4)8-7-17(13,3)22-18/h5-9,13-14H,1-4H3/t13-,14+,17-,18-/m1/s1. The Morgan fingerprint density at radius 1 is 0.955 bits per heavy atom. The third-order valence-corrected chi connectivity index (χ3v) is 5.47. The number of rotatable bonds is 1. The summed E-state index contributed by atoms with van der Waals surface area (Å²) in [5, 5.41) is 0. The van der Waals surface area contributed by atoms with E-state index in [1.807, 2.05) is 58.0 Å². The van der Waals surface area contributed by atoms with Crippen LogP contribution in [0.3, 0.4) is 0 Å². The van der Waals surface area contributed by atoms with Crippen molar-refractivity contribution in [3.8, 4) is 0 Å². The van der Waals surface area contributed by atoms with Crippen molar-refractivity contribution in [1.82, 2.24) is 0 Å². The van der Waals surface area contributed by atoms with Crippen LogP contribution in [0, 0.1) is 25.7 Å². The molecule has 3 aliphatic heterocycles. The molecule has 0 aromatic heterocycles. The highest BCUT2D eigenvalue weighted by molar-refractivity contribution is 6.23. The average molecular weight is 297 g/mol. The molecule has 2 bridgehead atoms. The Morgan fingerprint density at radius 3 is 2.00 bits per heavy atom. The first-order chi connectivity index (χ1) is 10.3. The Hall–Kier alpha value is -1.94. The Bertz CT molecular complexity index is 717. The number of fused-ring (bicyclic) bond motifs is 5. The molecular formula is C18H19NO3. The summed E-state index contributed by atoms with van der Waals surface area (Å²) in [5.41, 5.74) is 1.55. The number of nitrogens with zero attached hydrogens (tertiary/aromatic N) is 1. The van der Waals surface area contributed by atoms with Gasteiger partial charge in [0.05, 0.1) is 28.7 Å². The average Bonchev–Trinajstić information content (AvgIpc) is 2.99. The van der Waals surface area contributed by atoms with Crippen molar-refractivity contribution in [3.63, 3.8) is 0 Å². The third-order valence-electron chi connectivity index (χ3n) is 5.47. The number of hydrogen-bond donors (Lipinski definition) is 0. The first kappa shape index (κ1) is 13.7. The van der Waals surface area contributed by atoms with Crippen LogP contribution in [-0.2, 0) is 14.3 Å². The highest BCUT2D eigenvalue weighted by atomic mass is 16.5. The fraction of sp³-hybridized carbons (Fsp3) is 0.444. The van der Waals surface area contributed by atoms with Gasteiger partial charge < -0.3 is 4.74 Å². The van der Waals surface area contributed by atoms with Gasteiger partial charge in [0, 0.05) is 0 Å². The quantitative estimate of drug-likeness (QED) is 0.591. The second-order valence-corrected chi connectivity index (χ2v) is 7.04. The van der Waals surface area contributed by atoms with Crippen LogP contribution in [0.5, 0.6) is 0 Å². The smallest absolute Gasteiger partial charge is 0.241 e. The molecule has 4 atom stereocenters. The van der Waals surface area contributed by atoms with Gasteiger partial charge in [-0.1, -0.05) is 18.2 Å². The maximum absolute atomic E-state index is 12.9. The monoisotopic (exact) mass is 297 g/mol. The number of ether oxygens (including phenoxy) is 1. The van der Waals surface area contributed by atoms with Crippen molar-refractivity contribution in [2.75, 3.05) is 4.90 Å². The Labute approximate surface area is 129 Å². The molecular weight excluding hydrogens is 278 g/mol. The van der Waals surface area contributed by atoms with E-state index >= 15 is 0 Å². The SMILES string of the molecule is Cc1ccc(N2C(=O)[C@@H]3[C@H](C2=O)[C@@]2(C)C=C[C@@]3(C)O2)cc1C. The molecule has 114 valence electrons. The highest BCUT2D eigenvalue weighted by Crippen LogP contribution is 2.57. The molecule has 0 spiro atoms. The van der Waals surface area contributed by atoms with E-state index < -0.39 is 23.0 Å². The largest absolute Gasteiger partial charge is 0.359 e. The maximum atomic E-state index is 12.9. The molecule has 4 nitrogen and oxygen atoms in total. The van der Waals surface area contributed by atoms with Crippen molar-refractivity contribution in [2.45, 2.75) is 38.9 Å². The van der Waals surface area contributed by atoms with Gasteiger partial charge in [-0.15, -0.1) is 0 Å². The highest BCUT2D eigenvalue weighted by Gasteiger charge is 2.70. The number of amides is 2. The number of hydrogen-bond acceptors (Lipinski definition) is 3. The molecule has 1 aromatic carbocycles. The van der Waals surface area contributed by atoms with E-state index in [-0.39, 0.29) is 11.8 Å². The van der Waals surface area contributed by atoms with Crippen LogP contribution in [0.4, 0.5) is 5.69 Å². The van der Waals surface area contributed by atoms with Gasteiger partial charge in [-0.3, -0.25) is 9.59 Å². The van der Waals surface area contributed by atoms with Gasteiger partial charge in [-0.25, -0.2) is 4.90 Å². The normalized spacial score (nSPS) is 39.0. The number of aryl methyl sites for hydroxylation is 2. The zero-order valence-electron chi connectivity index (χ0n) is 13.2. The minimum absolute atomic E-state index is 0.145. The van der Waals surface area contributed by atoms with E-state index in [4.69, 9.17) is 4.74 Å². The molecule has 2 amide bonds. The molecule has 0 saturated carbocycles. The maximum Gasteiger partial charge on any atom is 0.241 e. The molecule has 2 saturated heterocycles. The van der Waals surface area contributed by atoms with Crippen LogP contribution in [0.15, 0.2) is 30.4 Å². The summed E-state index contributed by atoms with van der Waals surface area (Å²) in [6, 6.07) is 5.71. The van der Waals surface area contributed by atoms with Crippen molar-refractivity contribution in [3.05, 3.63) is 41.5 Å². The Kier molecular flexibility index (Phi) is 2.41. The van der Waals surface area contributed by atoms with Gasteiger partial charge in [0.25, 0.3) is 0 Å². The van der Waals surface area contributed by atoms with Crippen LogP contribution in [0.1, 0.15) is 25.0 Å². The summed E-state index contributed by atoms with van der Waals surface area (Å²) >= 11 is 0. The lowest BCUT2D eigenvalue weighted by Crippen LogP contribution is -2.39. The van der Waals surface area contributed by atoms with Crippen LogP contribution >= 0.6 is 0 Å². The lowest BCUT2D eigenvalue weighted by molar-refractivity contribution is -0.128. The summed E-state index contributed by atoms with van der Waals surface area (Å²) in [5.74, 6) is -1.13. The van der Waals surface area contributed by atoms with Gasteiger partial charge in [0.1, 0.15) is 0 Å². The van der Waals surface area contributed by atoms with Crippen molar-refractivity contribution < 1.29 is 14.3 Å². The molecule has 22 heavy (non-hydrogen) atoms. The molecule has 0 aliphatic carbocycles. The molecule has 2 fully saturated rings. The van der Waals surface area contributed by atoms with E-state index in [9.17, 15) is 9.59 Å². The molecule has 0 radical (unpaired) electrons. The molecule has 3 heterocycles. The van der Waals surface area contributed by atoms with E-state index in [2.05, 4.69) is 0 Å². The number of carbonyl (C=O) groups is 2. The van der Waals surface area contributed by atoms with Crippen LogP contribution < -0.4 is 4.90 Å². The topological polar surface area (TPSA) is 46.6 Å². The number of imide groups is 1. The Morgan fingerprint density at radius 2 is 1.50 bits per heavy atom. The number of benzene rings is 1. The van der Waals surface area contributed by atoms with E-state index in [1.165, 1.54) is 4.90 Å². The number of anilines is 1. The lowest BCUT2D eigenvalue weighted by Gasteiger charge is -2.25. The second-order valence-electron chi connectivity index (χ2n) is 7.04. The van der Waals surface area contributed by atoms with Crippen molar-refractivity contribution in [2.24, 2.45) is 11.8 Å². The van der Waals surface area contributed by atoms with Crippen LogP contribution in [0.2, 0.25) is 0 Å². The van der Waals surface area contributed by atoms with Gasteiger partial charge in [-0.2, -0.15) is 0 Å². The second kappa shape index (κ2) is 3.87. The summed E-state index contributed by atoms with van der Waals surface area (Å²) in [6.07, 6.45) is 3.87. The first-order valence-electron chi connectivity index (χ1n) is 7.62. The molecule has 4 rings (SSSR count). The van der Waals surface area contributed by atoms with Gasteiger partial charge >= 0.3 is 0 Å². The predicted molar refractivity (Wildman–Crippen MR) is 82.4 cm³/mol. The summed E-state index contributed by atoms with van der Waals surface area (Å²) in [7, 11) is 0. The molecule has 1 aromatic rings. The van der Waals surface area contributed by atoms with Gasteiger partial charge in [0.15, 0.2) is 0 Å². The molecule has 0 unspecified atom stereocenters. The molecule has 0 N–H and O–H groups in total. The Balaban J connectivity index is 1.81. The van der Waals surface area contributed by atoms with Crippen LogP contribution in [0.25, 0.3) is 0 Å². The predicted octanol–water partition coefficient (Wildman–Crippen LogP) is 2.53. The zero-order valence-corrected chi connectivity index (χ0v) is 13.2. The van der Waals surface area contributed by atoms with E-state index in [0.717, 1.165) is 11.1 Å². The summed E-state index contributed by atoms with van der Waals surface area (Å²) in [6.45, 7) is 7.80. The zero-order chi connectivity index (χ0) is 15.9. The molecule has 3 aliphatic rings. The van der Waals surface area contributed by atoms with E-state index in [0.29, 0.717) is 5.69 Å². The van der Waals surface area contributed by atoms with Crippen molar-refractivity contribution in [1.29, 1.82) is 0 Å². The van der Waals surface area contributed by atoms with Crippen LogP contribution in [-0.4, -0.2) is 23.0 Å².